The Bertz CT molecular complexity index is 196. The van der Waals surface area contributed by atoms with Crippen LogP contribution >= 0.6 is 0 Å². The van der Waals surface area contributed by atoms with Crippen LogP contribution in [-0.2, 0) is 14.3 Å². The largest absolute Gasteiger partial charge is 0.460 e. The number of hydrogen-bond acceptors (Lipinski definition) is 3. The van der Waals surface area contributed by atoms with E-state index in [0.29, 0.717) is 13.1 Å². The second-order valence-electron chi connectivity index (χ2n) is 4.07. The molecule has 0 fully saturated rings. The number of esters is 1. The number of carbonyl (C=O) groups excluding carboxylic acids is 2. The molecule has 0 aliphatic carbocycles. The lowest BCUT2D eigenvalue weighted by atomic mass is 10.2. The third-order valence-electron chi connectivity index (χ3n) is 1.58. The third kappa shape index (κ3) is 6.46. The molecule has 0 heterocycles. The molecular weight excluding hydrogens is 182 g/mol. The van der Waals surface area contributed by atoms with Crippen molar-refractivity contribution in [1.82, 2.24) is 4.90 Å². The quantitative estimate of drug-likeness (QED) is 0.496. The highest BCUT2D eigenvalue weighted by molar-refractivity contribution is 5.70. The van der Waals surface area contributed by atoms with E-state index in [1.165, 1.54) is 4.90 Å². The summed E-state index contributed by atoms with van der Waals surface area (Å²) in [5.41, 5.74) is -0.449. The molecule has 4 nitrogen and oxygen atoms in total. The molecule has 1 amide bonds. The van der Waals surface area contributed by atoms with Crippen molar-refractivity contribution in [3.63, 3.8) is 0 Å². The van der Waals surface area contributed by atoms with Crippen LogP contribution < -0.4 is 0 Å². The van der Waals surface area contributed by atoms with Crippen molar-refractivity contribution < 1.29 is 14.3 Å². The summed E-state index contributed by atoms with van der Waals surface area (Å²) in [7, 11) is 0. The zero-order valence-corrected chi connectivity index (χ0v) is 9.37. The normalized spacial score (nSPS) is 10.9. The van der Waals surface area contributed by atoms with Crippen LogP contribution in [0.2, 0.25) is 0 Å². The Hall–Kier alpha value is -1.06. The molecular formula is C10H19NO3. The number of nitrogens with zero attached hydrogens (tertiary/aromatic N) is 1. The molecule has 4 heteroatoms. The van der Waals surface area contributed by atoms with Crippen molar-refractivity contribution in [2.75, 3.05) is 13.1 Å². The van der Waals surface area contributed by atoms with Gasteiger partial charge in [-0.2, -0.15) is 0 Å². The zero-order valence-electron chi connectivity index (χ0n) is 9.37. The Balaban J connectivity index is 3.79. The van der Waals surface area contributed by atoms with E-state index in [4.69, 9.17) is 4.74 Å². The summed E-state index contributed by atoms with van der Waals surface area (Å²) >= 11 is 0. The SMILES string of the molecule is CCN(C=O)CCC(=O)OC(C)(C)C. The van der Waals surface area contributed by atoms with E-state index in [1.807, 2.05) is 27.7 Å². The van der Waals surface area contributed by atoms with Gasteiger partial charge in [-0.1, -0.05) is 0 Å². The fraction of sp³-hybridized carbons (Fsp3) is 0.800. The maximum absolute atomic E-state index is 11.2. The second-order valence-corrected chi connectivity index (χ2v) is 4.07. The first kappa shape index (κ1) is 12.9. The van der Waals surface area contributed by atoms with Crippen molar-refractivity contribution >= 4 is 12.4 Å². The molecule has 0 rings (SSSR count). The highest BCUT2D eigenvalue weighted by atomic mass is 16.6. The van der Waals surface area contributed by atoms with Crippen LogP contribution in [0.3, 0.4) is 0 Å². The van der Waals surface area contributed by atoms with Gasteiger partial charge in [-0.05, 0) is 27.7 Å². The molecule has 0 aliphatic heterocycles. The number of rotatable bonds is 5. The fourth-order valence-electron chi connectivity index (χ4n) is 0.913. The first-order valence-corrected chi connectivity index (χ1v) is 4.80. The van der Waals surface area contributed by atoms with Crippen molar-refractivity contribution in [2.45, 2.75) is 39.7 Å². The van der Waals surface area contributed by atoms with Gasteiger partial charge in [0.05, 0.1) is 6.42 Å². The maximum atomic E-state index is 11.2. The van der Waals surface area contributed by atoms with Crippen molar-refractivity contribution in [3.8, 4) is 0 Å². The highest BCUT2D eigenvalue weighted by Crippen LogP contribution is 2.08. The molecule has 0 aromatic rings. The minimum atomic E-state index is -0.449. The van der Waals surface area contributed by atoms with Gasteiger partial charge < -0.3 is 9.64 Å². The molecule has 0 bridgehead atoms. The predicted molar refractivity (Wildman–Crippen MR) is 53.8 cm³/mol. The summed E-state index contributed by atoms with van der Waals surface area (Å²) in [4.78, 5) is 23.2. The molecule has 0 unspecified atom stereocenters. The van der Waals surface area contributed by atoms with Crippen LogP contribution in [0.4, 0.5) is 0 Å². The summed E-state index contributed by atoms with van der Waals surface area (Å²) in [5, 5.41) is 0. The Morgan fingerprint density at radius 1 is 1.43 bits per heavy atom. The molecule has 0 atom stereocenters. The van der Waals surface area contributed by atoms with Crippen LogP contribution in [0, 0.1) is 0 Å². The van der Waals surface area contributed by atoms with Gasteiger partial charge >= 0.3 is 5.97 Å². The number of hydrogen-bond donors (Lipinski definition) is 0. The van der Waals surface area contributed by atoms with E-state index in [-0.39, 0.29) is 12.4 Å². The van der Waals surface area contributed by atoms with Gasteiger partial charge in [-0.3, -0.25) is 9.59 Å². The van der Waals surface area contributed by atoms with Gasteiger partial charge in [0.25, 0.3) is 0 Å². The minimum Gasteiger partial charge on any atom is -0.460 e. The van der Waals surface area contributed by atoms with Crippen LogP contribution in [0.15, 0.2) is 0 Å². The summed E-state index contributed by atoms with van der Waals surface area (Å²) in [6, 6.07) is 0. The van der Waals surface area contributed by atoms with E-state index in [9.17, 15) is 9.59 Å². The van der Waals surface area contributed by atoms with Gasteiger partial charge in [0.2, 0.25) is 6.41 Å². The number of ether oxygens (including phenoxy) is 1. The van der Waals surface area contributed by atoms with Gasteiger partial charge in [0.15, 0.2) is 0 Å². The lowest BCUT2D eigenvalue weighted by Crippen LogP contribution is -2.28. The van der Waals surface area contributed by atoms with E-state index in [0.717, 1.165) is 6.41 Å². The average molecular weight is 201 g/mol. The average Bonchev–Trinajstić information content (AvgIpc) is 2.03. The van der Waals surface area contributed by atoms with Gasteiger partial charge in [0, 0.05) is 13.1 Å². The van der Waals surface area contributed by atoms with E-state index in [2.05, 4.69) is 0 Å². The van der Waals surface area contributed by atoms with Crippen molar-refractivity contribution in [2.24, 2.45) is 0 Å². The Kier molecular flexibility index (Phi) is 5.20. The van der Waals surface area contributed by atoms with Crippen LogP contribution in [0.1, 0.15) is 34.1 Å². The smallest absolute Gasteiger partial charge is 0.308 e. The standard InChI is InChI=1S/C10H19NO3/c1-5-11(8-12)7-6-9(13)14-10(2,3)4/h8H,5-7H2,1-4H3. The van der Waals surface area contributed by atoms with E-state index >= 15 is 0 Å². The maximum Gasteiger partial charge on any atom is 0.308 e. The van der Waals surface area contributed by atoms with Crippen molar-refractivity contribution in [1.29, 1.82) is 0 Å². The molecule has 0 saturated heterocycles. The molecule has 0 aliphatic rings. The number of carbonyl (C=O) groups is 2. The van der Waals surface area contributed by atoms with Crippen LogP contribution in [0.25, 0.3) is 0 Å². The molecule has 0 aromatic carbocycles. The van der Waals surface area contributed by atoms with E-state index in [1.54, 1.807) is 0 Å². The lowest BCUT2D eigenvalue weighted by molar-refractivity contribution is -0.155. The van der Waals surface area contributed by atoms with Crippen LogP contribution in [0.5, 0.6) is 0 Å². The zero-order chi connectivity index (χ0) is 11.2. The van der Waals surface area contributed by atoms with Crippen molar-refractivity contribution in [3.05, 3.63) is 0 Å². The number of amides is 1. The first-order valence-electron chi connectivity index (χ1n) is 4.80. The monoisotopic (exact) mass is 201 g/mol. The Morgan fingerprint density at radius 3 is 2.36 bits per heavy atom. The molecule has 0 N–H and O–H groups in total. The molecule has 0 radical (unpaired) electrons. The molecule has 0 aromatic heterocycles. The topological polar surface area (TPSA) is 46.6 Å². The summed E-state index contributed by atoms with van der Waals surface area (Å²) < 4.78 is 5.10. The molecule has 14 heavy (non-hydrogen) atoms. The second kappa shape index (κ2) is 5.62. The minimum absolute atomic E-state index is 0.254. The first-order chi connectivity index (χ1) is 6.39. The molecule has 0 saturated carbocycles. The fourth-order valence-corrected chi connectivity index (χ4v) is 0.913. The highest BCUT2D eigenvalue weighted by Gasteiger charge is 2.16. The van der Waals surface area contributed by atoms with Gasteiger partial charge in [-0.15, -0.1) is 0 Å². The van der Waals surface area contributed by atoms with Gasteiger partial charge in [0.1, 0.15) is 5.60 Å². The summed E-state index contributed by atoms with van der Waals surface area (Å²) in [5.74, 6) is -0.266. The molecule has 0 spiro atoms. The Morgan fingerprint density at radius 2 is 2.00 bits per heavy atom. The lowest BCUT2D eigenvalue weighted by Gasteiger charge is -2.20. The summed E-state index contributed by atoms with van der Waals surface area (Å²) in [6.07, 6.45) is 0.994. The van der Waals surface area contributed by atoms with Crippen LogP contribution in [-0.4, -0.2) is 36.0 Å². The predicted octanol–water partition coefficient (Wildman–Crippen LogP) is 1.20. The third-order valence-corrected chi connectivity index (χ3v) is 1.58. The molecule has 82 valence electrons. The van der Waals surface area contributed by atoms with E-state index < -0.39 is 5.60 Å². The Labute approximate surface area is 85.2 Å². The van der Waals surface area contributed by atoms with Gasteiger partial charge in [-0.25, -0.2) is 0 Å². The summed E-state index contributed by atoms with van der Waals surface area (Å²) in [6.45, 7) is 8.37.